The van der Waals surface area contributed by atoms with E-state index in [0.717, 1.165) is 13.0 Å². The lowest BCUT2D eigenvalue weighted by Crippen LogP contribution is -2.46. The van der Waals surface area contributed by atoms with E-state index in [9.17, 15) is 5.11 Å². The normalized spacial score (nSPS) is 26.2. The van der Waals surface area contributed by atoms with Crippen molar-refractivity contribution in [3.05, 3.63) is 0 Å². The summed E-state index contributed by atoms with van der Waals surface area (Å²) in [5, 5.41) is 11.7. The maximum absolute atomic E-state index is 11.2. The summed E-state index contributed by atoms with van der Waals surface area (Å²) in [4.78, 5) is 0. The number of hydrogen-bond donors (Lipinski definition) is 1. The molecule has 0 amide bonds. The summed E-state index contributed by atoms with van der Waals surface area (Å²) >= 11 is 0. The third kappa shape index (κ3) is 7.99. The molecule has 4 nitrogen and oxygen atoms in total. The zero-order valence-corrected chi connectivity index (χ0v) is 27.8. The minimum Gasteiger partial charge on any atom is -0.417 e. The summed E-state index contributed by atoms with van der Waals surface area (Å²) < 4.78 is 20.1. The Balaban J connectivity index is 3.07. The summed E-state index contributed by atoms with van der Waals surface area (Å²) in [5.74, 6) is 0.376. The highest BCUT2D eigenvalue weighted by Gasteiger charge is 2.49. The molecule has 198 valence electrons. The van der Waals surface area contributed by atoms with Crippen LogP contribution >= 0.6 is 0 Å². The molecule has 0 heterocycles. The summed E-state index contributed by atoms with van der Waals surface area (Å²) in [6, 6.07) is 0. The fraction of sp³-hybridized carbons (Fsp3) is 1.00. The first-order valence-electron chi connectivity index (χ1n) is 13.1. The smallest absolute Gasteiger partial charge is 0.192 e. The van der Waals surface area contributed by atoms with E-state index in [4.69, 9.17) is 13.3 Å². The van der Waals surface area contributed by atoms with Gasteiger partial charge in [0.2, 0.25) is 0 Å². The topological polar surface area (TPSA) is 47.9 Å². The van der Waals surface area contributed by atoms with E-state index in [1.807, 2.05) is 0 Å². The molecule has 1 N–H and O–H groups in total. The quantitative estimate of drug-likeness (QED) is 0.316. The molecule has 0 radical (unpaired) electrons. The molecule has 0 bridgehead atoms. The Hall–Kier alpha value is 0.491. The number of aliphatic hydroxyl groups excluding tert-OH is 1. The van der Waals surface area contributed by atoms with Gasteiger partial charge in [-0.2, -0.15) is 0 Å². The molecule has 0 unspecified atom stereocenters. The van der Waals surface area contributed by atoms with Crippen LogP contribution in [0, 0.1) is 11.8 Å². The van der Waals surface area contributed by atoms with Gasteiger partial charge in [0.1, 0.15) is 0 Å². The Labute approximate surface area is 210 Å². The monoisotopic (exact) mass is 518 g/mol. The van der Waals surface area contributed by atoms with Crippen molar-refractivity contribution in [2.45, 2.75) is 142 Å². The molecule has 1 aliphatic carbocycles. The number of hydrogen-bond acceptors (Lipinski definition) is 4. The molecule has 1 saturated carbocycles. The Bertz CT molecular complexity index is 627. The van der Waals surface area contributed by atoms with Crippen LogP contribution in [0.3, 0.4) is 0 Å². The Morgan fingerprint density at radius 2 is 1.09 bits per heavy atom. The second-order valence-corrected chi connectivity index (χ2v) is 29.4. The lowest BCUT2D eigenvalue weighted by atomic mass is 9.92. The first-order chi connectivity index (χ1) is 14.4. The van der Waals surface area contributed by atoms with Gasteiger partial charge in [0, 0.05) is 19.1 Å². The Morgan fingerprint density at radius 1 is 0.667 bits per heavy atom. The van der Waals surface area contributed by atoms with E-state index < -0.39 is 25.0 Å². The van der Waals surface area contributed by atoms with Gasteiger partial charge in [-0.1, -0.05) is 62.3 Å². The molecular weight excluding hydrogens is 461 g/mol. The van der Waals surface area contributed by atoms with Crippen molar-refractivity contribution in [2.24, 2.45) is 11.8 Å². The van der Waals surface area contributed by atoms with Crippen LogP contribution in [0.4, 0.5) is 0 Å². The first kappa shape index (κ1) is 31.5. The Kier molecular flexibility index (Phi) is 9.99. The van der Waals surface area contributed by atoms with E-state index >= 15 is 0 Å². The SMILES string of the molecule is CC(C)(C)[Si](C)(C)OCC[C@@H]1[C@@H](CO[Si](C)(C)C(C)(C)C)[C@H](O)C[C@@H]1O[Si](C)(C)C(C)(C)C. The van der Waals surface area contributed by atoms with Crippen LogP contribution in [0.25, 0.3) is 0 Å². The molecule has 7 heteroatoms. The van der Waals surface area contributed by atoms with Gasteiger partial charge < -0.3 is 18.4 Å². The van der Waals surface area contributed by atoms with Gasteiger partial charge in [0.15, 0.2) is 25.0 Å². The molecule has 0 aliphatic heterocycles. The number of aliphatic hydroxyl groups is 1. The minimum absolute atomic E-state index is 0.0805. The van der Waals surface area contributed by atoms with E-state index in [-0.39, 0.29) is 39.2 Å². The van der Waals surface area contributed by atoms with Gasteiger partial charge in [0.05, 0.1) is 12.2 Å². The predicted octanol–water partition coefficient (Wildman–Crippen LogP) is 7.81. The van der Waals surface area contributed by atoms with Crippen LogP contribution in [0.15, 0.2) is 0 Å². The molecule has 0 spiro atoms. The molecule has 1 fully saturated rings. The van der Waals surface area contributed by atoms with Crippen molar-refractivity contribution in [1.29, 1.82) is 0 Å². The standard InChI is InChI=1S/C26H58O4Si3/c1-24(2,3)31(10,11)28-17-16-20-21(19-29-32(12,13)25(4,5)6)22(27)18-23(20)30-33(14,15)26(7,8)9/h20-23,27H,16-19H2,1-15H3/t20-,21-,22-,23+/m1/s1. The molecule has 1 rings (SSSR count). The van der Waals surface area contributed by atoms with Gasteiger partial charge in [-0.3, -0.25) is 0 Å². The zero-order valence-electron chi connectivity index (χ0n) is 24.8. The highest BCUT2D eigenvalue weighted by Crippen LogP contribution is 2.45. The van der Waals surface area contributed by atoms with Gasteiger partial charge in [-0.25, -0.2) is 0 Å². The molecule has 0 saturated heterocycles. The summed E-state index contributed by atoms with van der Waals surface area (Å²) in [5.41, 5.74) is 0. The van der Waals surface area contributed by atoms with Crippen LogP contribution in [0.1, 0.15) is 75.2 Å². The van der Waals surface area contributed by atoms with Crippen molar-refractivity contribution in [1.82, 2.24) is 0 Å². The van der Waals surface area contributed by atoms with Crippen molar-refractivity contribution in [3.63, 3.8) is 0 Å². The van der Waals surface area contributed by atoms with Gasteiger partial charge in [0.25, 0.3) is 0 Å². The summed E-state index contributed by atoms with van der Waals surface area (Å²) in [7, 11) is -5.63. The van der Waals surface area contributed by atoms with Gasteiger partial charge >= 0.3 is 0 Å². The third-order valence-electron chi connectivity index (χ3n) is 9.41. The largest absolute Gasteiger partial charge is 0.417 e. The second kappa shape index (κ2) is 10.5. The molecular formula is C26H58O4Si3. The molecule has 1 aliphatic rings. The summed E-state index contributed by atoms with van der Waals surface area (Å²) in [6.07, 6.45) is 1.34. The third-order valence-corrected chi connectivity index (χ3v) is 23.0. The fourth-order valence-electron chi connectivity index (χ4n) is 3.66. The number of rotatable bonds is 9. The maximum Gasteiger partial charge on any atom is 0.192 e. The lowest BCUT2D eigenvalue weighted by molar-refractivity contribution is 0.0617. The van der Waals surface area contributed by atoms with Crippen LogP contribution in [-0.2, 0) is 13.3 Å². The fourth-order valence-corrected chi connectivity index (χ4v) is 7.15. The van der Waals surface area contributed by atoms with E-state index in [1.165, 1.54) is 0 Å². The van der Waals surface area contributed by atoms with Crippen molar-refractivity contribution >= 4 is 25.0 Å². The van der Waals surface area contributed by atoms with E-state index in [1.54, 1.807) is 0 Å². The van der Waals surface area contributed by atoms with E-state index in [0.29, 0.717) is 13.0 Å². The maximum atomic E-state index is 11.2. The average molecular weight is 519 g/mol. The first-order valence-corrected chi connectivity index (χ1v) is 21.8. The highest BCUT2D eigenvalue weighted by molar-refractivity contribution is 6.74. The molecule has 0 aromatic rings. The van der Waals surface area contributed by atoms with Crippen molar-refractivity contribution < 1.29 is 18.4 Å². The summed E-state index contributed by atoms with van der Waals surface area (Å²) in [6.45, 7) is 35.8. The highest BCUT2D eigenvalue weighted by atomic mass is 28.4. The molecule has 0 aromatic heterocycles. The average Bonchev–Trinajstić information content (AvgIpc) is 2.84. The van der Waals surface area contributed by atoms with Crippen LogP contribution in [0.5, 0.6) is 0 Å². The predicted molar refractivity (Wildman–Crippen MR) is 151 cm³/mol. The Morgan fingerprint density at radius 3 is 1.52 bits per heavy atom. The van der Waals surface area contributed by atoms with Gasteiger partial charge in [-0.15, -0.1) is 0 Å². The van der Waals surface area contributed by atoms with E-state index in [2.05, 4.69) is 102 Å². The molecule has 4 atom stereocenters. The van der Waals surface area contributed by atoms with Crippen LogP contribution < -0.4 is 0 Å². The molecule has 33 heavy (non-hydrogen) atoms. The lowest BCUT2D eigenvalue weighted by Gasteiger charge is -2.41. The van der Waals surface area contributed by atoms with Crippen LogP contribution in [-0.4, -0.2) is 55.5 Å². The second-order valence-electron chi connectivity index (χ2n) is 15.0. The molecule has 0 aromatic carbocycles. The van der Waals surface area contributed by atoms with Crippen molar-refractivity contribution in [3.8, 4) is 0 Å². The van der Waals surface area contributed by atoms with Crippen LogP contribution in [0.2, 0.25) is 54.4 Å². The minimum atomic E-state index is -1.94. The van der Waals surface area contributed by atoms with Crippen molar-refractivity contribution in [2.75, 3.05) is 13.2 Å². The van der Waals surface area contributed by atoms with Gasteiger partial charge in [-0.05, 0) is 73.2 Å². The zero-order chi connectivity index (χ0) is 26.3.